The van der Waals surface area contributed by atoms with Gasteiger partial charge in [0, 0.05) is 23.7 Å². The highest BCUT2D eigenvalue weighted by atomic mass is 32.1. The number of benzene rings is 2. The average molecular weight is 427 g/mol. The van der Waals surface area contributed by atoms with Gasteiger partial charge in [0.1, 0.15) is 11.4 Å². The Balaban J connectivity index is 2.58. The van der Waals surface area contributed by atoms with E-state index < -0.39 is 5.91 Å². The summed E-state index contributed by atoms with van der Waals surface area (Å²) < 4.78 is 0. The van der Waals surface area contributed by atoms with E-state index in [1.54, 1.807) is 31.3 Å². The minimum atomic E-state index is -0.503. The Morgan fingerprint density at radius 1 is 0.897 bits per heavy atom. The molecule has 0 bridgehead atoms. The van der Waals surface area contributed by atoms with Crippen LogP contribution in [-0.4, -0.2) is 34.5 Å². The van der Waals surface area contributed by atoms with Crippen LogP contribution in [0.2, 0.25) is 0 Å². The van der Waals surface area contributed by atoms with E-state index in [-0.39, 0.29) is 0 Å². The number of carbonyl (C=O) groups is 1. The topological polar surface area (TPSA) is 104 Å². The number of nitrogens with one attached hydrogen (secondary N) is 3. The molecular formula is C20H22N6OS2. The molecule has 0 spiro atoms. The second-order valence-corrected chi connectivity index (χ2v) is 6.71. The number of hydrogen-bond acceptors (Lipinski definition) is 5. The number of amides is 1. The number of nitrogens with two attached hydrogens (primary N) is 1. The minimum absolute atomic E-state index is 0.348. The van der Waals surface area contributed by atoms with Crippen molar-refractivity contribution in [2.75, 3.05) is 7.05 Å². The molecule has 9 heteroatoms. The van der Waals surface area contributed by atoms with Crippen molar-refractivity contribution in [3.63, 3.8) is 0 Å². The lowest BCUT2D eigenvalue weighted by atomic mass is 9.99. The van der Waals surface area contributed by atoms with Gasteiger partial charge in [0.25, 0.3) is 0 Å². The lowest BCUT2D eigenvalue weighted by Crippen LogP contribution is -2.32. The zero-order chi connectivity index (χ0) is 21.2. The van der Waals surface area contributed by atoms with Gasteiger partial charge in [0.2, 0.25) is 5.91 Å². The molecule has 0 heterocycles. The van der Waals surface area contributed by atoms with E-state index in [0.717, 1.165) is 5.56 Å². The Kier molecular flexibility index (Phi) is 8.38. The fourth-order valence-corrected chi connectivity index (χ4v) is 2.35. The molecule has 150 valence electrons. The molecular weight excluding hydrogens is 404 g/mol. The number of primary amides is 1. The third kappa shape index (κ3) is 6.44. The summed E-state index contributed by atoms with van der Waals surface area (Å²) >= 11 is 10.4. The molecule has 0 aliphatic rings. The lowest BCUT2D eigenvalue weighted by molar-refractivity contribution is 0.100. The lowest BCUT2D eigenvalue weighted by Gasteiger charge is -2.13. The first-order chi connectivity index (χ1) is 14.0. The zero-order valence-electron chi connectivity index (χ0n) is 16.1. The smallest absolute Gasteiger partial charge is 0.248 e. The normalized spacial score (nSPS) is 11.5. The van der Waals surface area contributed by atoms with Crippen LogP contribution in [0.25, 0.3) is 0 Å². The van der Waals surface area contributed by atoms with Crippen LogP contribution in [0.3, 0.4) is 0 Å². The number of rotatable bonds is 7. The van der Waals surface area contributed by atoms with Crippen molar-refractivity contribution in [1.82, 2.24) is 16.2 Å². The summed E-state index contributed by atoms with van der Waals surface area (Å²) in [5, 5.41) is 12.1. The molecule has 0 unspecified atom stereocenters. The van der Waals surface area contributed by atoms with Crippen LogP contribution in [-0.2, 0) is 0 Å². The number of carbonyl (C=O) groups excluding carboxylic acids is 1. The second-order valence-electron chi connectivity index (χ2n) is 5.81. The predicted molar refractivity (Wildman–Crippen MR) is 125 cm³/mol. The predicted octanol–water partition coefficient (Wildman–Crippen LogP) is 2.31. The summed E-state index contributed by atoms with van der Waals surface area (Å²) in [5.74, 6) is -0.503. The number of hydrogen-bond donors (Lipinski definition) is 4. The van der Waals surface area contributed by atoms with Crippen molar-refractivity contribution in [2.45, 2.75) is 13.3 Å². The van der Waals surface area contributed by atoms with Gasteiger partial charge in [0.05, 0.1) is 4.99 Å². The number of nitrogens with zero attached hydrogens (tertiary/aromatic N) is 2. The highest BCUT2D eigenvalue weighted by molar-refractivity contribution is 7.80. The van der Waals surface area contributed by atoms with Crippen molar-refractivity contribution in [2.24, 2.45) is 15.9 Å². The summed E-state index contributed by atoms with van der Waals surface area (Å²) in [6.45, 7) is 1.94. The van der Waals surface area contributed by atoms with Gasteiger partial charge < -0.3 is 11.1 Å². The summed E-state index contributed by atoms with van der Waals surface area (Å²) in [6.07, 6.45) is 0.656. The Morgan fingerprint density at radius 2 is 1.41 bits per heavy atom. The molecule has 2 aromatic carbocycles. The molecule has 7 nitrogen and oxygen atoms in total. The molecule has 0 aromatic heterocycles. The van der Waals surface area contributed by atoms with Gasteiger partial charge in [0.15, 0.2) is 5.11 Å². The summed E-state index contributed by atoms with van der Waals surface area (Å²) in [7, 11) is 1.69. The van der Waals surface area contributed by atoms with E-state index in [9.17, 15) is 4.79 Å². The molecule has 0 radical (unpaired) electrons. The number of thiocarbonyl (C=S) groups is 2. The Bertz CT molecular complexity index is 939. The molecule has 2 rings (SSSR count). The van der Waals surface area contributed by atoms with Gasteiger partial charge in [-0.2, -0.15) is 10.2 Å². The van der Waals surface area contributed by atoms with Crippen molar-refractivity contribution in [3.8, 4) is 0 Å². The first-order valence-electron chi connectivity index (χ1n) is 8.84. The fraction of sp³-hybridized carbons (Fsp3) is 0.150. The van der Waals surface area contributed by atoms with Crippen LogP contribution in [0.5, 0.6) is 0 Å². The summed E-state index contributed by atoms with van der Waals surface area (Å²) in [6, 6.07) is 16.3. The number of hydrazone groups is 2. The highest BCUT2D eigenvalue weighted by Gasteiger charge is 2.16. The van der Waals surface area contributed by atoms with E-state index in [2.05, 4.69) is 26.4 Å². The average Bonchev–Trinajstić information content (AvgIpc) is 2.76. The fourth-order valence-electron chi connectivity index (χ4n) is 2.26. The molecule has 2 aromatic rings. The van der Waals surface area contributed by atoms with Gasteiger partial charge >= 0.3 is 0 Å². The van der Waals surface area contributed by atoms with E-state index in [1.165, 1.54) is 0 Å². The van der Waals surface area contributed by atoms with Gasteiger partial charge in [-0.25, -0.2) is 0 Å². The maximum atomic E-state index is 11.4. The highest BCUT2D eigenvalue weighted by Crippen LogP contribution is 2.12. The Labute approximate surface area is 180 Å². The summed E-state index contributed by atoms with van der Waals surface area (Å²) in [5.41, 5.74) is 14.1. The van der Waals surface area contributed by atoms with Crippen LogP contribution < -0.4 is 21.9 Å². The maximum absolute atomic E-state index is 11.4. The van der Waals surface area contributed by atoms with Crippen LogP contribution in [0.4, 0.5) is 0 Å². The molecule has 0 aliphatic heterocycles. The van der Waals surface area contributed by atoms with Crippen molar-refractivity contribution in [1.29, 1.82) is 0 Å². The van der Waals surface area contributed by atoms with E-state index in [1.807, 2.05) is 37.3 Å². The van der Waals surface area contributed by atoms with Gasteiger partial charge in [-0.05, 0) is 30.8 Å². The molecule has 0 saturated carbocycles. The second kappa shape index (κ2) is 11.0. The Hall–Kier alpha value is -3.17. The van der Waals surface area contributed by atoms with E-state index in [0.29, 0.717) is 39.1 Å². The van der Waals surface area contributed by atoms with Gasteiger partial charge in [-0.15, -0.1) is 0 Å². The van der Waals surface area contributed by atoms with Crippen molar-refractivity contribution in [3.05, 3.63) is 71.3 Å². The zero-order valence-corrected chi connectivity index (χ0v) is 17.7. The molecule has 0 saturated heterocycles. The monoisotopic (exact) mass is 426 g/mol. The van der Waals surface area contributed by atoms with E-state index in [4.69, 9.17) is 30.2 Å². The third-order valence-corrected chi connectivity index (χ3v) is 4.50. The third-order valence-electron chi connectivity index (χ3n) is 3.82. The quantitative estimate of drug-likeness (QED) is 0.308. The molecule has 1 amide bonds. The minimum Gasteiger partial charge on any atom is -0.366 e. The molecule has 29 heavy (non-hydrogen) atoms. The maximum Gasteiger partial charge on any atom is 0.248 e. The molecule has 0 fully saturated rings. The standard InChI is InChI=1S/C20H22N6OS2/c1-3-16(28)23-24-17(13-7-5-4-6-8-13)18(25-26-20(29)22-2)14-9-11-15(12-10-14)19(21)27/h4-12H,3H2,1-2H3,(H2,21,27)(H,23,28)(H2,22,26,29). The van der Waals surface area contributed by atoms with Crippen molar-refractivity contribution < 1.29 is 4.79 Å². The largest absolute Gasteiger partial charge is 0.366 e. The van der Waals surface area contributed by atoms with Crippen LogP contribution >= 0.6 is 24.4 Å². The first-order valence-corrected chi connectivity index (χ1v) is 9.65. The first kappa shape index (κ1) is 22.1. The van der Waals surface area contributed by atoms with Gasteiger partial charge in [-0.1, -0.05) is 61.6 Å². The van der Waals surface area contributed by atoms with Crippen LogP contribution in [0.15, 0.2) is 64.8 Å². The van der Waals surface area contributed by atoms with E-state index >= 15 is 0 Å². The van der Waals surface area contributed by atoms with Crippen LogP contribution in [0.1, 0.15) is 34.8 Å². The van der Waals surface area contributed by atoms with Crippen LogP contribution in [0, 0.1) is 0 Å². The molecule has 0 aliphatic carbocycles. The van der Waals surface area contributed by atoms with Gasteiger partial charge in [-0.3, -0.25) is 15.6 Å². The van der Waals surface area contributed by atoms with Crippen molar-refractivity contribution >= 4 is 51.9 Å². The molecule has 0 atom stereocenters. The Morgan fingerprint density at radius 3 is 1.93 bits per heavy atom. The SMILES string of the molecule is CCC(=S)NN=C(C(=NNC(=S)NC)c1ccc(C(N)=O)cc1)c1ccccc1. The summed E-state index contributed by atoms with van der Waals surface area (Å²) in [4.78, 5) is 12.0. The molecule has 5 N–H and O–H groups in total.